The van der Waals surface area contributed by atoms with Crippen LogP contribution >= 0.6 is 0 Å². The van der Waals surface area contributed by atoms with Crippen molar-refractivity contribution in [3.63, 3.8) is 0 Å². The van der Waals surface area contributed by atoms with Gasteiger partial charge in [-0.15, -0.1) is 0 Å². The summed E-state index contributed by atoms with van der Waals surface area (Å²) in [5.74, 6) is -0.336. The molecule has 0 fully saturated rings. The third-order valence-electron chi connectivity index (χ3n) is 3.33. The zero-order valence-corrected chi connectivity index (χ0v) is 12.3. The Hall–Kier alpha value is -1.85. The zero-order valence-electron chi connectivity index (χ0n) is 11.5. The van der Waals surface area contributed by atoms with Gasteiger partial charge in [0.15, 0.2) is 0 Å². The number of nitriles is 1. The van der Waals surface area contributed by atoms with Crippen molar-refractivity contribution in [3.8, 4) is 6.07 Å². The molecule has 0 aromatic heterocycles. The van der Waals surface area contributed by atoms with Gasteiger partial charge in [0.25, 0.3) is 0 Å². The number of alkyl halides is 3. The van der Waals surface area contributed by atoms with Crippen LogP contribution in [0, 0.1) is 11.3 Å². The topological polar surface area (TPSA) is 61.2 Å². The Morgan fingerprint density at radius 1 is 1.32 bits per heavy atom. The fourth-order valence-corrected chi connectivity index (χ4v) is 3.65. The van der Waals surface area contributed by atoms with Crippen LogP contribution in [0.5, 0.6) is 0 Å². The summed E-state index contributed by atoms with van der Waals surface area (Å²) in [7, 11) is -3.72. The highest BCUT2D eigenvalue weighted by molar-refractivity contribution is 7.88. The molecule has 1 aromatic rings. The van der Waals surface area contributed by atoms with E-state index in [2.05, 4.69) is 0 Å². The van der Waals surface area contributed by atoms with E-state index in [9.17, 15) is 21.6 Å². The minimum Gasteiger partial charge on any atom is -0.212 e. The first-order valence-corrected chi connectivity index (χ1v) is 8.06. The molecule has 0 atom stereocenters. The Morgan fingerprint density at radius 3 is 2.59 bits per heavy atom. The molecular weight excluding hydrogens is 317 g/mol. The summed E-state index contributed by atoms with van der Waals surface area (Å²) in [6.07, 6.45) is -3.84. The van der Waals surface area contributed by atoms with Crippen molar-refractivity contribution in [1.29, 1.82) is 5.26 Å². The molecule has 0 bridgehead atoms. The van der Waals surface area contributed by atoms with E-state index in [1.54, 1.807) is 18.2 Å². The second-order valence-corrected chi connectivity index (χ2v) is 6.87. The van der Waals surface area contributed by atoms with Gasteiger partial charge in [-0.1, -0.05) is 18.2 Å². The van der Waals surface area contributed by atoms with Crippen LogP contribution < -0.4 is 0 Å². The predicted octanol–water partition coefficient (Wildman–Crippen LogP) is 2.58. The van der Waals surface area contributed by atoms with E-state index >= 15 is 0 Å². The van der Waals surface area contributed by atoms with Gasteiger partial charge in [-0.05, 0) is 24.1 Å². The van der Waals surface area contributed by atoms with Crippen molar-refractivity contribution in [2.24, 2.45) is 0 Å². The molecule has 2 rings (SSSR count). The van der Waals surface area contributed by atoms with E-state index in [0.717, 1.165) is 10.4 Å². The minimum absolute atomic E-state index is 0.189. The highest BCUT2D eigenvalue weighted by Crippen LogP contribution is 2.31. The molecule has 1 aliphatic heterocycles. The van der Waals surface area contributed by atoms with Crippen LogP contribution in [0.25, 0.3) is 0 Å². The zero-order chi connectivity index (χ0) is 16.4. The summed E-state index contributed by atoms with van der Waals surface area (Å²) < 4.78 is 63.1. The predicted molar refractivity (Wildman–Crippen MR) is 74.1 cm³/mol. The number of nitrogens with zero attached hydrogens (tertiary/aromatic N) is 2. The van der Waals surface area contributed by atoms with Crippen molar-refractivity contribution >= 4 is 10.0 Å². The quantitative estimate of drug-likeness (QED) is 0.800. The Bertz CT molecular complexity index is 733. The Morgan fingerprint density at radius 2 is 2.05 bits per heavy atom. The maximum Gasteiger partial charge on any atom is 0.412 e. The fourth-order valence-electron chi connectivity index (χ4n) is 2.19. The van der Waals surface area contributed by atoms with Crippen molar-refractivity contribution in [2.75, 3.05) is 13.1 Å². The molecule has 0 saturated carbocycles. The standard InChI is InChI=1S/C14H13F3N2O2S/c15-14(16,17)13-4-6-19(7-5-13)22(20,21)10-12-3-1-2-11(8-12)9-18/h1-4,8H,5-7,10H2. The highest BCUT2D eigenvalue weighted by Gasteiger charge is 2.36. The van der Waals surface area contributed by atoms with E-state index in [-0.39, 0.29) is 25.3 Å². The molecule has 0 spiro atoms. The van der Waals surface area contributed by atoms with Gasteiger partial charge in [-0.2, -0.15) is 22.7 Å². The van der Waals surface area contributed by atoms with E-state index in [1.807, 2.05) is 6.07 Å². The molecule has 0 aliphatic carbocycles. The van der Waals surface area contributed by atoms with Crippen LogP contribution in [0.4, 0.5) is 13.2 Å². The molecule has 118 valence electrons. The maximum atomic E-state index is 12.5. The van der Waals surface area contributed by atoms with Crippen molar-refractivity contribution in [1.82, 2.24) is 4.31 Å². The van der Waals surface area contributed by atoms with Crippen LogP contribution in [0.3, 0.4) is 0 Å². The molecule has 8 heteroatoms. The molecule has 1 heterocycles. The van der Waals surface area contributed by atoms with Gasteiger partial charge < -0.3 is 0 Å². The van der Waals surface area contributed by atoms with Crippen molar-refractivity contribution in [2.45, 2.75) is 18.3 Å². The van der Waals surface area contributed by atoms with Crippen LogP contribution in [0.1, 0.15) is 17.5 Å². The van der Waals surface area contributed by atoms with Crippen molar-refractivity contribution in [3.05, 3.63) is 47.0 Å². The molecule has 0 saturated heterocycles. The lowest BCUT2D eigenvalue weighted by atomic mass is 10.1. The van der Waals surface area contributed by atoms with E-state index in [1.165, 1.54) is 6.07 Å². The number of hydrogen-bond donors (Lipinski definition) is 0. The molecular formula is C14H13F3N2O2S. The summed E-state index contributed by atoms with van der Waals surface area (Å²) in [5.41, 5.74) is 0.0840. The molecule has 0 amide bonds. The lowest BCUT2D eigenvalue weighted by molar-refractivity contribution is -0.0953. The highest BCUT2D eigenvalue weighted by atomic mass is 32.2. The van der Waals surface area contributed by atoms with E-state index in [4.69, 9.17) is 5.26 Å². The van der Waals surface area contributed by atoms with E-state index in [0.29, 0.717) is 11.1 Å². The number of hydrogen-bond acceptors (Lipinski definition) is 3. The Kier molecular flexibility index (Phi) is 4.58. The average Bonchev–Trinajstić information content (AvgIpc) is 2.46. The van der Waals surface area contributed by atoms with Gasteiger partial charge in [0, 0.05) is 18.7 Å². The van der Waals surface area contributed by atoms with Crippen molar-refractivity contribution < 1.29 is 21.6 Å². The van der Waals surface area contributed by atoms with E-state index < -0.39 is 21.8 Å². The normalized spacial score (nSPS) is 16.9. The minimum atomic E-state index is -4.41. The second-order valence-electron chi connectivity index (χ2n) is 4.90. The molecule has 1 aliphatic rings. The van der Waals surface area contributed by atoms with Crippen LogP contribution in [-0.4, -0.2) is 32.0 Å². The van der Waals surface area contributed by atoms with Gasteiger partial charge in [0.2, 0.25) is 10.0 Å². The lowest BCUT2D eigenvalue weighted by Gasteiger charge is -2.26. The van der Waals surface area contributed by atoms with Crippen LogP contribution in [0.2, 0.25) is 0 Å². The van der Waals surface area contributed by atoms with Gasteiger partial charge >= 0.3 is 6.18 Å². The molecule has 0 N–H and O–H groups in total. The third kappa shape index (κ3) is 3.87. The van der Waals surface area contributed by atoms with Crippen LogP contribution in [-0.2, 0) is 15.8 Å². The number of rotatable bonds is 3. The first-order chi connectivity index (χ1) is 10.2. The maximum absolute atomic E-state index is 12.5. The number of halogens is 3. The molecule has 0 radical (unpaired) electrons. The lowest BCUT2D eigenvalue weighted by Crippen LogP contribution is -2.37. The third-order valence-corrected chi connectivity index (χ3v) is 5.15. The largest absolute Gasteiger partial charge is 0.412 e. The Balaban J connectivity index is 2.12. The SMILES string of the molecule is N#Cc1cccc(CS(=O)(=O)N2CC=C(C(F)(F)F)CC2)c1. The number of sulfonamides is 1. The fraction of sp³-hybridized carbons (Fsp3) is 0.357. The number of benzene rings is 1. The summed E-state index contributed by atoms with van der Waals surface area (Å²) in [6.45, 7) is -0.471. The molecule has 0 unspecified atom stereocenters. The first kappa shape index (κ1) is 16.5. The summed E-state index contributed by atoms with van der Waals surface area (Å²) in [4.78, 5) is 0. The van der Waals surface area contributed by atoms with Gasteiger partial charge in [-0.25, -0.2) is 8.42 Å². The molecule has 22 heavy (non-hydrogen) atoms. The summed E-state index contributed by atoms with van der Waals surface area (Å²) in [5, 5.41) is 8.79. The van der Waals surface area contributed by atoms with Crippen LogP contribution in [0.15, 0.2) is 35.9 Å². The molecule has 1 aromatic carbocycles. The first-order valence-electron chi connectivity index (χ1n) is 6.45. The second kappa shape index (κ2) is 6.10. The molecule has 4 nitrogen and oxygen atoms in total. The van der Waals surface area contributed by atoms with Gasteiger partial charge in [0.05, 0.1) is 17.4 Å². The smallest absolute Gasteiger partial charge is 0.212 e. The Labute approximate surface area is 126 Å². The average molecular weight is 330 g/mol. The van der Waals surface area contributed by atoms with Gasteiger partial charge in [-0.3, -0.25) is 0 Å². The summed E-state index contributed by atoms with van der Waals surface area (Å²) >= 11 is 0. The monoisotopic (exact) mass is 330 g/mol. The summed E-state index contributed by atoms with van der Waals surface area (Å²) in [6, 6.07) is 8.06. The van der Waals surface area contributed by atoms with Gasteiger partial charge in [0.1, 0.15) is 0 Å².